The summed E-state index contributed by atoms with van der Waals surface area (Å²) in [6, 6.07) is 0. The van der Waals surface area contributed by atoms with Crippen molar-refractivity contribution in [2.45, 2.75) is 38.9 Å². The third kappa shape index (κ3) is 2.35. The quantitative estimate of drug-likeness (QED) is 0.851. The molecule has 98 valence electrons. The average molecular weight is 266 g/mol. The summed E-state index contributed by atoms with van der Waals surface area (Å²) in [5.41, 5.74) is 2.23. The first kappa shape index (κ1) is 12.3. The lowest BCUT2D eigenvalue weighted by atomic mass is 10.1. The van der Waals surface area contributed by atoms with E-state index in [4.69, 9.17) is 21.7 Å². The number of ether oxygens (including phenoxy) is 2. The summed E-state index contributed by atoms with van der Waals surface area (Å²) >= 11 is 5.37. The fourth-order valence-electron chi connectivity index (χ4n) is 2.43. The summed E-state index contributed by atoms with van der Waals surface area (Å²) < 4.78 is 11.9. The van der Waals surface area contributed by atoms with Crippen molar-refractivity contribution >= 4 is 12.2 Å². The van der Waals surface area contributed by atoms with Crippen LogP contribution < -0.4 is 0 Å². The Morgan fingerprint density at radius 1 is 1.56 bits per heavy atom. The van der Waals surface area contributed by atoms with Crippen molar-refractivity contribution in [3.05, 3.63) is 21.7 Å². The first-order chi connectivity index (χ1) is 8.79. The van der Waals surface area contributed by atoms with E-state index in [9.17, 15) is 0 Å². The molecule has 0 amide bonds. The normalized spacial score (nSPS) is 20.5. The monoisotopic (exact) mass is 266 g/mol. The lowest BCUT2D eigenvalue weighted by Gasteiger charge is -2.21. The number of nitrogens with zero attached hydrogens (tertiary/aromatic N) is 1. The molecular weight excluding hydrogens is 248 g/mol. The number of rotatable bonds is 4. The Labute approximate surface area is 112 Å². The highest BCUT2D eigenvalue weighted by Crippen LogP contribution is 2.42. The van der Waals surface area contributed by atoms with Crippen LogP contribution >= 0.6 is 12.2 Å². The average Bonchev–Trinajstić information content (AvgIpc) is 3.20. The van der Waals surface area contributed by atoms with Crippen molar-refractivity contribution in [3.63, 3.8) is 0 Å². The fraction of sp³-hybridized carbons (Fsp3) is 0.692. The molecule has 4 nitrogen and oxygen atoms in total. The Morgan fingerprint density at radius 2 is 2.39 bits per heavy atom. The molecule has 1 N–H and O–H groups in total. The van der Waals surface area contributed by atoms with Crippen molar-refractivity contribution in [2.75, 3.05) is 13.2 Å². The molecule has 1 fully saturated rings. The predicted molar refractivity (Wildman–Crippen MR) is 69.9 cm³/mol. The molecule has 1 aromatic rings. The summed E-state index contributed by atoms with van der Waals surface area (Å²) in [6.45, 7) is 4.07. The van der Waals surface area contributed by atoms with Crippen molar-refractivity contribution in [1.29, 1.82) is 0 Å². The molecule has 18 heavy (non-hydrogen) atoms. The molecule has 1 atom stereocenters. The zero-order chi connectivity index (χ0) is 12.5. The van der Waals surface area contributed by atoms with E-state index >= 15 is 0 Å². The number of aromatic nitrogens is 2. The van der Waals surface area contributed by atoms with Gasteiger partial charge in [-0.05, 0) is 25.7 Å². The van der Waals surface area contributed by atoms with E-state index in [2.05, 4.69) is 9.97 Å². The van der Waals surface area contributed by atoms with Crippen LogP contribution in [0.4, 0.5) is 0 Å². The molecule has 1 unspecified atom stereocenters. The Morgan fingerprint density at radius 3 is 3.11 bits per heavy atom. The van der Waals surface area contributed by atoms with E-state index < -0.39 is 0 Å². The summed E-state index contributed by atoms with van der Waals surface area (Å²) in [5, 5.41) is 0. The number of hydrogen-bond acceptors (Lipinski definition) is 4. The lowest BCUT2D eigenvalue weighted by molar-refractivity contribution is 0.0391. The van der Waals surface area contributed by atoms with Crippen LogP contribution in [0, 0.1) is 10.6 Å². The van der Waals surface area contributed by atoms with E-state index in [0.717, 1.165) is 24.4 Å². The van der Waals surface area contributed by atoms with Gasteiger partial charge in [0.1, 0.15) is 16.6 Å². The molecule has 5 heteroatoms. The van der Waals surface area contributed by atoms with Crippen LogP contribution in [0.15, 0.2) is 0 Å². The molecule has 0 spiro atoms. The third-order valence-electron chi connectivity index (χ3n) is 3.53. The number of fused-ring (bicyclic) bond motifs is 1. The predicted octanol–water partition coefficient (Wildman–Crippen LogP) is 2.70. The molecule has 3 rings (SSSR count). The number of aromatic amines is 1. The molecule has 1 aliphatic heterocycles. The van der Waals surface area contributed by atoms with Crippen molar-refractivity contribution in [2.24, 2.45) is 5.92 Å². The van der Waals surface area contributed by atoms with E-state index in [1.54, 1.807) is 0 Å². The molecule has 0 radical (unpaired) electrons. The van der Waals surface area contributed by atoms with Gasteiger partial charge >= 0.3 is 0 Å². The fourth-order valence-corrected chi connectivity index (χ4v) is 2.71. The van der Waals surface area contributed by atoms with Crippen molar-refractivity contribution in [3.8, 4) is 0 Å². The van der Waals surface area contributed by atoms with Gasteiger partial charge in [0.2, 0.25) is 0 Å². The minimum atomic E-state index is 0.0878. The number of hydrogen-bond donors (Lipinski definition) is 1. The number of H-pyrrole nitrogens is 1. The topological polar surface area (TPSA) is 47.1 Å². The minimum Gasteiger partial charge on any atom is -0.376 e. The minimum absolute atomic E-state index is 0.0878. The van der Waals surface area contributed by atoms with E-state index in [-0.39, 0.29) is 6.10 Å². The van der Waals surface area contributed by atoms with Crippen LogP contribution in [0.1, 0.15) is 43.0 Å². The smallest absolute Gasteiger partial charge is 0.137 e. The first-order valence-electron chi connectivity index (χ1n) is 6.61. The second-order valence-corrected chi connectivity index (χ2v) is 5.29. The summed E-state index contributed by atoms with van der Waals surface area (Å²) in [4.78, 5) is 7.95. The van der Waals surface area contributed by atoms with Gasteiger partial charge in [-0.2, -0.15) is 0 Å². The maximum Gasteiger partial charge on any atom is 0.137 e. The highest BCUT2D eigenvalue weighted by molar-refractivity contribution is 7.71. The van der Waals surface area contributed by atoms with E-state index in [1.165, 1.54) is 18.5 Å². The van der Waals surface area contributed by atoms with E-state index in [1.807, 2.05) is 6.92 Å². The molecule has 0 aromatic carbocycles. The molecule has 1 aliphatic carbocycles. The maximum absolute atomic E-state index is 5.83. The second kappa shape index (κ2) is 5.07. The highest BCUT2D eigenvalue weighted by Gasteiger charge is 2.35. The molecule has 0 saturated heterocycles. The van der Waals surface area contributed by atoms with Crippen LogP contribution in [-0.4, -0.2) is 23.2 Å². The molecule has 2 heterocycles. The zero-order valence-electron chi connectivity index (χ0n) is 10.6. The first-order valence-corrected chi connectivity index (χ1v) is 7.01. The summed E-state index contributed by atoms with van der Waals surface area (Å²) in [7, 11) is 0. The van der Waals surface area contributed by atoms with Gasteiger partial charge in [-0.15, -0.1) is 0 Å². The van der Waals surface area contributed by atoms with Crippen LogP contribution in [-0.2, 0) is 22.5 Å². The van der Waals surface area contributed by atoms with Gasteiger partial charge < -0.3 is 14.5 Å². The van der Waals surface area contributed by atoms with Gasteiger partial charge in [0.25, 0.3) is 0 Å². The van der Waals surface area contributed by atoms with Crippen LogP contribution in [0.25, 0.3) is 0 Å². The molecule has 1 aromatic heterocycles. The van der Waals surface area contributed by atoms with Gasteiger partial charge in [-0.3, -0.25) is 0 Å². The third-order valence-corrected chi connectivity index (χ3v) is 3.87. The van der Waals surface area contributed by atoms with Crippen molar-refractivity contribution in [1.82, 2.24) is 9.97 Å². The van der Waals surface area contributed by atoms with Gasteiger partial charge in [0.15, 0.2) is 0 Å². The maximum atomic E-state index is 5.83. The van der Waals surface area contributed by atoms with E-state index in [0.29, 0.717) is 23.8 Å². The molecule has 1 saturated carbocycles. The standard InChI is InChI=1S/C13H18N2O2S/c1-2-17-11(8-3-4-8)12-14-10-5-6-16-7-9(10)13(18)15-12/h8,11H,2-7H2,1H3,(H,14,15,18). The zero-order valence-corrected chi connectivity index (χ0v) is 11.4. The largest absolute Gasteiger partial charge is 0.376 e. The lowest BCUT2D eigenvalue weighted by Crippen LogP contribution is -2.18. The highest BCUT2D eigenvalue weighted by atomic mass is 32.1. The van der Waals surface area contributed by atoms with Crippen LogP contribution in [0.2, 0.25) is 0 Å². The van der Waals surface area contributed by atoms with Crippen molar-refractivity contribution < 1.29 is 9.47 Å². The summed E-state index contributed by atoms with van der Waals surface area (Å²) in [5.74, 6) is 1.52. The Balaban J connectivity index is 1.96. The second-order valence-electron chi connectivity index (χ2n) is 4.90. The van der Waals surface area contributed by atoms with Crippen LogP contribution in [0.3, 0.4) is 0 Å². The number of nitrogens with one attached hydrogen (secondary N) is 1. The van der Waals surface area contributed by atoms with Gasteiger partial charge in [-0.25, -0.2) is 4.98 Å². The Bertz CT molecular complexity index is 496. The molecule has 2 aliphatic rings. The van der Waals surface area contributed by atoms with Gasteiger partial charge in [-0.1, -0.05) is 12.2 Å². The Kier molecular flexibility index (Phi) is 3.46. The Hall–Kier alpha value is -0.780. The van der Waals surface area contributed by atoms with Crippen LogP contribution in [0.5, 0.6) is 0 Å². The summed E-state index contributed by atoms with van der Waals surface area (Å²) in [6.07, 6.45) is 3.43. The van der Waals surface area contributed by atoms with Gasteiger partial charge in [0, 0.05) is 24.3 Å². The molecular formula is C13H18N2O2S. The van der Waals surface area contributed by atoms with Gasteiger partial charge in [0.05, 0.1) is 13.2 Å². The SMILES string of the molecule is CCOC(c1nc(=S)c2c([nH]1)CCOC2)C1CC1. The molecule has 0 bridgehead atoms.